The molecule has 0 radical (unpaired) electrons. The number of unbranched alkanes of at least 4 members (excludes halogenated alkanes) is 1. The molecule has 0 aliphatic rings. The number of ether oxygens (including phenoxy) is 1. The Morgan fingerprint density at radius 3 is 2.61 bits per heavy atom. The highest BCUT2D eigenvalue weighted by Crippen LogP contribution is 2.04. The molecule has 0 heterocycles. The lowest BCUT2D eigenvalue weighted by atomic mass is 10.1. The van der Waals surface area contributed by atoms with E-state index in [4.69, 9.17) is 4.74 Å². The summed E-state index contributed by atoms with van der Waals surface area (Å²) in [5.74, 6) is 0.855. The van der Waals surface area contributed by atoms with E-state index in [-0.39, 0.29) is 5.91 Å². The second kappa shape index (κ2) is 12.8. The molecule has 0 saturated carbocycles. The average Bonchev–Trinajstić information content (AvgIpc) is 2.33. The van der Waals surface area contributed by atoms with E-state index in [1.165, 1.54) is 12.8 Å². The Hall–Kier alpha value is -0.610. The Bertz CT molecular complexity index is 196. The van der Waals surface area contributed by atoms with Gasteiger partial charge >= 0.3 is 0 Å². The highest BCUT2D eigenvalue weighted by atomic mass is 16.5. The Morgan fingerprint density at radius 1 is 1.17 bits per heavy atom. The summed E-state index contributed by atoms with van der Waals surface area (Å²) in [6.07, 6.45) is 3.97. The van der Waals surface area contributed by atoms with Crippen LogP contribution in [-0.4, -0.2) is 38.8 Å². The van der Waals surface area contributed by atoms with Crippen molar-refractivity contribution in [1.82, 2.24) is 10.6 Å². The zero-order chi connectivity index (χ0) is 13.6. The summed E-state index contributed by atoms with van der Waals surface area (Å²) in [5.41, 5.74) is 0. The Labute approximate surface area is 112 Å². The van der Waals surface area contributed by atoms with Gasteiger partial charge in [-0.25, -0.2) is 0 Å². The van der Waals surface area contributed by atoms with E-state index < -0.39 is 0 Å². The lowest BCUT2D eigenvalue weighted by Gasteiger charge is -2.07. The highest BCUT2D eigenvalue weighted by molar-refractivity contribution is 5.75. The standard InChI is InChI=1S/C14H30N2O2/c1-4-15-10-12-18-11-8-14(17)16-9-6-5-7-13(2)3/h13,15H,4-12H2,1-3H3,(H,16,17). The second-order valence-corrected chi connectivity index (χ2v) is 4.96. The first-order valence-electron chi connectivity index (χ1n) is 7.22. The summed E-state index contributed by atoms with van der Waals surface area (Å²) in [5, 5.41) is 6.09. The predicted molar refractivity (Wildman–Crippen MR) is 75.7 cm³/mol. The summed E-state index contributed by atoms with van der Waals surface area (Å²) < 4.78 is 5.34. The van der Waals surface area contributed by atoms with Crippen molar-refractivity contribution in [3.05, 3.63) is 0 Å². The van der Waals surface area contributed by atoms with Crippen LogP contribution in [0.15, 0.2) is 0 Å². The molecule has 0 bridgehead atoms. The van der Waals surface area contributed by atoms with Crippen LogP contribution < -0.4 is 10.6 Å². The molecule has 1 amide bonds. The molecular formula is C14H30N2O2. The van der Waals surface area contributed by atoms with Crippen LogP contribution in [0.2, 0.25) is 0 Å². The minimum absolute atomic E-state index is 0.1000. The van der Waals surface area contributed by atoms with Crippen LogP contribution in [-0.2, 0) is 9.53 Å². The van der Waals surface area contributed by atoms with Gasteiger partial charge in [-0.2, -0.15) is 0 Å². The summed E-state index contributed by atoms with van der Waals surface area (Å²) in [4.78, 5) is 11.4. The van der Waals surface area contributed by atoms with E-state index in [1.54, 1.807) is 0 Å². The molecule has 108 valence electrons. The van der Waals surface area contributed by atoms with Crippen molar-refractivity contribution in [2.24, 2.45) is 5.92 Å². The molecule has 0 spiro atoms. The first-order chi connectivity index (χ1) is 8.66. The van der Waals surface area contributed by atoms with Crippen molar-refractivity contribution >= 4 is 5.91 Å². The minimum Gasteiger partial charge on any atom is -0.380 e. The van der Waals surface area contributed by atoms with E-state index in [2.05, 4.69) is 31.4 Å². The van der Waals surface area contributed by atoms with Crippen LogP contribution in [0.4, 0.5) is 0 Å². The summed E-state index contributed by atoms with van der Waals surface area (Å²) in [6.45, 7) is 10.3. The van der Waals surface area contributed by atoms with E-state index >= 15 is 0 Å². The molecule has 0 atom stereocenters. The van der Waals surface area contributed by atoms with Gasteiger partial charge in [-0.3, -0.25) is 4.79 Å². The first-order valence-corrected chi connectivity index (χ1v) is 7.22. The van der Waals surface area contributed by atoms with Crippen LogP contribution in [0.3, 0.4) is 0 Å². The maximum atomic E-state index is 11.4. The Kier molecular flexibility index (Phi) is 12.4. The molecule has 0 unspecified atom stereocenters. The third-order valence-corrected chi connectivity index (χ3v) is 2.68. The third kappa shape index (κ3) is 13.5. The number of carbonyl (C=O) groups excluding carboxylic acids is 1. The molecule has 18 heavy (non-hydrogen) atoms. The number of rotatable bonds is 12. The second-order valence-electron chi connectivity index (χ2n) is 4.96. The lowest BCUT2D eigenvalue weighted by molar-refractivity contribution is -0.122. The molecular weight excluding hydrogens is 228 g/mol. The largest absolute Gasteiger partial charge is 0.380 e. The van der Waals surface area contributed by atoms with Crippen LogP contribution in [0, 0.1) is 5.92 Å². The molecule has 2 N–H and O–H groups in total. The van der Waals surface area contributed by atoms with Crippen LogP contribution in [0.5, 0.6) is 0 Å². The number of hydrogen-bond acceptors (Lipinski definition) is 3. The van der Waals surface area contributed by atoms with E-state index in [9.17, 15) is 4.79 Å². The maximum absolute atomic E-state index is 11.4. The smallest absolute Gasteiger partial charge is 0.222 e. The van der Waals surface area contributed by atoms with Crippen molar-refractivity contribution < 1.29 is 9.53 Å². The SMILES string of the molecule is CCNCCOCCC(=O)NCCCCC(C)C. The molecule has 0 saturated heterocycles. The van der Waals surface area contributed by atoms with Crippen LogP contribution >= 0.6 is 0 Å². The van der Waals surface area contributed by atoms with Crippen molar-refractivity contribution in [3.8, 4) is 0 Å². The third-order valence-electron chi connectivity index (χ3n) is 2.68. The monoisotopic (exact) mass is 258 g/mol. The summed E-state index contributed by atoms with van der Waals surface area (Å²) in [6, 6.07) is 0. The van der Waals surface area contributed by atoms with E-state index in [1.807, 2.05) is 0 Å². The van der Waals surface area contributed by atoms with Gasteiger partial charge in [-0.05, 0) is 18.9 Å². The van der Waals surface area contributed by atoms with Crippen molar-refractivity contribution in [2.75, 3.05) is 32.8 Å². The fourth-order valence-corrected chi connectivity index (χ4v) is 1.58. The molecule has 0 rings (SSSR count). The molecule has 0 aromatic rings. The number of carbonyl (C=O) groups is 1. The van der Waals surface area contributed by atoms with Gasteiger partial charge in [0.25, 0.3) is 0 Å². The van der Waals surface area contributed by atoms with Gasteiger partial charge in [0.2, 0.25) is 5.91 Å². The normalized spacial score (nSPS) is 10.9. The number of likely N-dealkylation sites (N-methyl/N-ethyl adjacent to an activating group) is 1. The minimum atomic E-state index is 0.1000. The molecule has 0 fully saturated rings. The van der Waals surface area contributed by atoms with Gasteiger partial charge < -0.3 is 15.4 Å². The molecule has 0 aromatic carbocycles. The molecule has 4 nitrogen and oxygen atoms in total. The number of nitrogens with one attached hydrogen (secondary N) is 2. The van der Waals surface area contributed by atoms with E-state index in [0.29, 0.717) is 19.6 Å². The molecule has 0 aliphatic heterocycles. The Morgan fingerprint density at radius 2 is 1.94 bits per heavy atom. The fraction of sp³-hybridized carbons (Fsp3) is 0.929. The predicted octanol–water partition coefficient (Wildman–Crippen LogP) is 1.95. The van der Waals surface area contributed by atoms with Crippen molar-refractivity contribution in [2.45, 2.75) is 46.5 Å². The van der Waals surface area contributed by atoms with Gasteiger partial charge in [0.15, 0.2) is 0 Å². The summed E-state index contributed by atoms with van der Waals surface area (Å²) in [7, 11) is 0. The zero-order valence-corrected chi connectivity index (χ0v) is 12.3. The number of hydrogen-bond donors (Lipinski definition) is 2. The molecule has 4 heteroatoms. The highest BCUT2D eigenvalue weighted by Gasteiger charge is 2.00. The quantitative estimate of drug-likeness (QED) is 0.526. The zero-order valence-electron chi connectivity index (χ0n) is 12.3. The van der Waals surface area contributed by atoms with Gasteiger partial charge in [0, 0.05) is 19.5 Å². The maximum Gasteiger partial charge on any atom is 0.222 e. The van der Waals surface area contributed by atoms with Gasteiger partial charge in [-0.1, -0.05) is 33.6 Å². The van der Waals surface area contributed by atoms with Gasteiger partial charge in [0.1, 0.15) is 0 Å². The van der Waals surface area contributed by atoms with E-state index in [0.717, 1.165) is 32.0 Å². The van der Waals surface area contributed by atoms with Crippen LogP contribution in [0.25, 0.3) is 0 Å². The van der Waals surface area contributed by atoms with Crippen LogP contribution in [0.1, 0.15) is 46.5 Å². The fourth-order valence-electron chi connectivity index (χ4n) is 1.58. The van der Waals surface area contributed by atoms with Gasteiger partial charge in [-0.15, -0.1) is 0 Å². The Balaban J connectivity index is 3.17. The lowest BCUT2D eigenvalue weighted by Crippen LogP contribution is -2.26. The van der Waals surface area contributed by atoms with Gasteiger partial charge in [0.05, 0.1) is 13.2 Å². The molecule has 0 aliphatic carbocycles. The summed E-state index contributed by atoms with van der Waals surface area (Å²) >= 11 is 0. The average molecular weight is 258 g/mol. The molecule has 0 aromatic heterocycles. The topological polar surface area (TPSA) is 50.4 Å². The number of amides is 1. The van der Waals surface area contributed by atoms with Crippen molar-refractivity contribution in [1.29, 1.82) is 0 Å². The van der Waals surface area contributed by atoms with Crippen molar-refractivity contribution in [3.63, 3.8) is 0 Å². The first kappa shape index (κ1) is 17.4.